The summed E-state index contributed by atoms with van der Waals surface area (Å²) in [6.07, 6.45) is 4.00. The summed E-state index contributed by atoms with van der Waals surface area (Å²) in [4.78, 5) is 0. The molecule has 0 atom stereocenters. The number of rotatable bonds is 0. The molecule has 0 saturated carbocycles. The van der Waals surface area contributed by atoms with Crippen molar-refractivity contribution in [1.82, 2.24) is 0 Å². The molecule has 0 radical (unpaired) electrons. The van der Waals surface area contributed by atoms with Crippen LogP contribution in [0.1, 0.15) is 97.9 Å². The third-order valence-electron chi connectivity index (χ3n) is 1.67. The average Bonchev–Trinajstić information content (AvgIpc) is 2.83. The molecule has 0 saturated heterocycles. The predicted molar refractivity (Wildman–Crippen MR) is 144 cm³/mol. The first-order valence-corrected chi connectivity index (χ1v) is 10.5. The van der Waals surface area contributed by atoms with Crippen LogP contribution in [0.25, 0.3) is 0 Å². The zero-order valence-corrected chi connectivity index (χ0v) is 20.1. The number of hydrogen-bond donors (Lipinski definition) is 0. The van der Waals surface area contributed by atoms with Crippen molar-refractivity contribution in [3.05, 3.63) is 84.9 Å². The fourth-order valence-electron chi connectivity index (χ4n) is 0.770. The quantitative estimate of drug-likeness (QED) is 0.389. The lowest BCUT2D eigenvalue weighted by atomic mass is 10.4. The Morgan fingerprint density at radius 2 is 0.357 bits per heavy atom. The van der Waals surface area contributed by atoms with Gasteiger partial charge in [0.1, 0.15) is 0 Å². The van der Waals surface area contributed by atoms with Gasteiger partial charge in [0, 0.05) is 0 Å². The molecule has 170 valence electrons. The van der Waals surface area contributed by atoms with Crippen LogP contribution in [0.15, 0.2) is 84.9 Å². The van der Waals surface area contributed by atoms with E-state index in [0.29, 0.717) is 0 Å². The van der Waals surface area contributed by atoms with Crippen molar-refractivity contribution in [1.29, 1.82) is 0 Å². The predicted octanol–water partition coefficient (Wildman–Crippen LogP) is 11.4. The highest BCUT2D eigenvalue weighted by atomic mass is 13.7. The van der Waals surface area contributed by atoms with Gasteiger partial charge < -0.3 is 0 Å². The number of benzene rings is 2. The van der Waals surface area contributed by atoms with Crippen LogP contribution in [-0.2, 0) is 0 Å². The molecule has 0 nitrogen and oxygen atoms in total. The zero-order valence-electron chi connectivity index (χ0n) is 20.1. The highest BCUT2D eigenvalue weighted by Crippen LogP contribution is 1.80. The summed E-state index contributed by atoms with van der Waals surface area (Å²) in [7, 11) is 0. The van der Waals surface area contributed by atoms with Crippen molar-refractivity contribution in [2.75, 3.05) is 0 Å². The molecule has 28 heavy (non-hydrogen) atoms. The van der Waals surface area contributed by atoms with Crippen LogP contribution in [0.2, 0.25) is 0 Å². The fraction of sp³-hybridized carbons (Fsp3) is 0.500. The fourth-order valence-corrected chi connectivity index (χ4v) is 0.770. The van der Waals surface area contributed by atoms with Gasteiger partial charge in [-0.05, 0) is 13.8 Å². The van der Waals surface area contributed by atoms with Crippen LogP contribution in [0.3, 0.4) is 0 Å². The van der Waals surface area contributed by atoms with Crippen molar-refractivity contribution in [2.24, 2.45) is 0 Å². The second-order valence-corrected chi connectivity index (χ2v) is 2.98. The summed E-state index contributed by atoms with van der Waals surface area (Å²) in [5, 5.41) is 0. The van der Waals surface area contributed by atoms with E-state index in [1.165, 1.54) is 0 Å². The maximum absolute atomic E-state index is 2.00. The standard InChI is InChI=1S/2C6H6.C4H8.5C2H6.2CH4/c2*1-2-4-6-5-3-1;1-3-4-2;5*1-2;;/h2*1-6H;3-4H,1-2H3;5*1-2H3;2*1H4. The van der Waals surface area contributed by atoms with Crippen LogP contribution in [0.4, 0.5) is 0 Å². The summed E-state index contributed by atoms with van der Waals surface area (Å²) in [6.45, 7) is 24.0. The molecule has 0 bridgehead atoms. The smallest absolute Gasteiger partial charge is 0.0470 e. The van der Waals surface area contributed by atoms with Crippen molar-refractivity contribution in [3.8, 4) is 0 Å². The molecule has 0 aromatic heterocycles. The van der Waals surface area contributed by atoms with Gasteiger partial charge in [0.05, 0.1) is 0 Å². The Hall–Kier alpha value is -1.82. The summed E-state index contributed by atoms with van der Waals surface area (Å²) >= 11 is 0. The lowest BCUT2D eigenvalue weighted by molar-refractivity contribution is 1.50. The van der Waals surface area contributed by atoms with Gasteiger partial charge in [-0.2, -0.15) is 0 Å². The van der Waals surface area contributed by atoms with Crippen LogP contribution in [0, 0.1) is 0 Å². The summed E-state index contributed by atoms with van der Waals surface area (Å²) in [6, 6.07) is 24.0. The van der Waals surface area contributed by atoms with Gasteiger partial charge in [-0.25, -0.2) is 0 Å². The summed E-state index contributed by atoms with van der Waals surface area (Å²) < 4.78 is 0. The van der Waals surface area contributed by atoms with Crippen LogP contribution < -0.4 is 0 Å². The van der Waals surface area contributed by atoms with E-state index in [-0.39, 0.29) is 14.9 Å². The molecule has 0 heteroatoms. The van der Waals surface area contributed by atoms with Gasteiger partial charge in [-0.3, -0.25) is 0 Å². The minimum absolute atomic E-state index is 0. The van der Waals surface area contributed by atoms with E-state index in [9.17, 15) is 0 Å². The summed E-state index contributed by atoms with van der Waals surface area (Å²) in [5.41, 5.74) is 0. The zero-order chi connectivity index (χ0) is 21.9. The molecule has 0 aliphatic carbocycles. The molecular weight excluding hydrogens is 336 g/mol. The molecule has 0 spiro atoms. The Kier molecular flexibility index (Phi) is 178. The number of allylic oxidation sites excluding steroid dienone is 2. The van der Waals surface area contributed by atoms with E-state index < -0.39 is 0 Å². The molecule has 0 aliphatic heterocycles. The maximum atomic E-state index is 2.00. The molecule has 0 aliphatic rings. The van der Waals surface area contributed by atoms with Gasteiger partial charge in [0.15, 0.2) is 0 Å². The Labute approximate surface area is 183 Å². The highest BCUT2D eigenvalue weighted by molar-refractivity contribution is 4.99. The highest BCUT2D eigenvalue weighted by Gasteiger charge is 1.58. The summed E-state index contributed by atoms with van der Waals surface area (Å²) in [5.74, 6) is 0. The first kappa shape index (κ1) is 50.2. The van der Waals surface area contributed by atoms with Crippen LogP contribution in [-0.4, -0.2) is 0 Å². The van der Waals surface area contributed by atoms with Crippen molar-refractivity contribution in [2.45, 2.75) is 97.9 Å². The van der Waals surface area contributed by atoms with Crippen molar-refractivity contribution >= 4 is 0 Å². The average molecular weight is 395 g/mol. The lowest BCUT2D eigenvalue weighted by Crippen LogP contribution is -1.47. The van der Waals surface area contributed by atoms with E-state index in [2.05, 4.69) is 0 Å². The second kappa shape index (κ2) is 99.2. The first-order valence-electron chi connectivity index (χ1n) is 10.5. The minimum atomic E-state index is 0. The van der Waals surface area contributed by atoms with Gasteiger partial charge >= 0.3 is 0 Å². The van der Waals surface area contributed by atoms with E-state index in [0.717, 1.165) is 0 Å². The van der Waals surface area contributed by atoms with E-state index in [4.69, 9.17) is 0 Å². The van der Waals surface area contributed by atoms with Crippen LogP contribution in [0.5, 0.6) is 0 Å². The van der Waals surface area contributed by atoms with Crippen molar-refractivity contribution in [3.63, 3.8) is 0 Å². The monoisotopic (exact) mass is 394 g/mol. The number of hydrogen-bond acceptors (Lipinski definition) is 0. The molecule has 0 unspecified atom stereocenters. The third kappa shape index (κ3) is 104. The Bertz CT molecular complexity index is 233. The van der Waals surface area contributed by atoms with E-state index in [1.807, 2.05) is 168 Å². The van der Waals surface area contributed by atoms with Gasteiger partial charge in [0.2, 0.25) is 0 Å². The topological polar surface area (TPSA) is 0 Å². The van der Waals surface area contributed by atoms with Gasteiger partial charge in [-0.15, -0.1) is 0 Å². The van der Waals surface area contributed by atoms with Crippen molar-refractivity contribution < 1.29 is 0 Å². The lowest BCUT2D eigenvalue weighted by Gasteiger charge is -1.69. The van der Waals surface area contributed by atoms with E-state index >= 15 is 0 Å². The molecular formula is C28H58. The molecule has 0 heterocycles. The molecule has 0 N–H and O–H groups in total. The minimum Gasteiger partial charge on any atom is -0.0919 e. The Balaban J connectivity index is -0.0000000288. The third-order valence-corrected chi connectivity index (χ3v) is 1.67. The maximum Gasteiger partial charge on any atom is -0.0470 e. The normalized spacial score (nSPS) is 5.86. The van der Waals surface area contributed by atoms with Gasteiger partial charge in [-0.1, -0.05) is 169 Å². The second-order valence-electron chi connectivity index (χ2n) is 2.98. The Morgan fingerprint density at radius 1 is 0.286 bits per heavy atom. The van der Waals surface area contributed by atoms with Crippen LogP contribution >= 0.6 is 0 Å². The largest absolute Gasteiger partial charge is 0.0919 e. The molecule has 2 rings (SSSR count). The molecule has 2 aromatic rings. The Morgan fingerprint density at radius 3 is 0.393 bits per heavy atom. The molecule has 0 amide bonds. The molecule has 2 aromatic carbocycles. The SMILES string of the molecule is C.C.CC.CC.CC.CC.CC.CC=CC.c1ccccc1.c1ccccc1. The first-order chi connectivity index (χ1) is 12.9. The molecule has 0 fully saturated rings. The van der Waals surface area contributed by atoms with E-state index in [1.54, 1.807) is 0 Å². The van der Waals surface area contributed by atoms with Gasteiger partial charge in [0.25, 0.3) is 0 Å².